The second-order valence-corrected chi connectivity index (χ2v) is 4.31. The molecule has 0 spiro atoms. The molecule has 0 aliphatic rings. The van der Waals surface area contributed by atoms with Crippen molar-refractivity contribution in [2.45, 2.75) is 46.0 Å². The van der Waals surface area contributed by atoms with E-state index < -0.39 is 0 Å². The van der Waals surface area contributed by atoms with E-state index in [0.717, 1.165) is 6.42 Å². The van der Waals surface area contributed by atoms with Crippen molar-refractivity contribution in [1.29, 1.82) is 0 Å². The zero-order valence-electron chi connectivity index (χ0n) is 11.2. The SMILES string of the molecule is C/C=C/C(C)c1ccccc1C#CCCCC. The van der Waals surface area contributed by atoms with Gasteiger partial charge in [0.15, 0.2) is 0 Å². The van der Waals surface area contributed by atoms with Crippen LogP contribution in [0.25, 0.3) is 0 Å². The normalized spacial score (nSPS) is 12.2. The van der Waals surface area contributed by atoms with Gasteiger partial charge in [0.1, 0.15) is 0 Å². The van der Waals surface area contributed by atoms with E-state index in [1.165, 1.54) is 24.0 Å². The zero-order valence-corrected chi connectivity index (χ0v) is 11.2. The summed E-state index contributed by atoms with van der Waals surface area (Å²) in [5.41, 5.74) is 2.50. The molecule has 0 amide bonds. The minimum Gasteiger partial charge on any atom is -0.0979 e. The van der Waals surface area contributed by atoms with E-state index in [1.54, 1.807) is 0 Å². The molecule has 0 bridgehead atoms. The van der Waals surface area contributed by atoms with Crippen molar-refractivity contribution in [2.24, 2.45) is 0 Å². The molecular formula is C17H22. The number of benzene rings is 1. The van der Waals surface area contributed by atoms with Gasteiger partial charge in [-0.3, -0.25) is 0 Å². The first-order chi connectivity index (χ1) is 8.29. The average Bonchev–Trinajstić information content (AvgIpc) is 2.35. The average molecular weight is 226 g/mol. The summed E-state index contributed by atoms with van der Waals surface area (Å²) in [4.78, 5) is 0. The Bertz CT molecular complexity index is 415. The Morgan fingerprint density at radius 1 is 1.29 bits per heavy atom. The van der Waals surface area contributed by atoms with Crippen molar-refractivity contribution < 1.29 is 0 Å². The molecule has 90 valence electrons. The maximum atomic E-state index is 3.30. The summed E-state index contributed by atoms with van der Waals surface area (Å²) in [6.07, 6.45) is 7.73. The molecule has 1 aromatic carbocycles. The first-order valence-corrected chi connectivity index (χ1v) is 6.50. The summed E-state index contributed by atoms with van der Waals surface area (Å²) in [6, 6.07) is 8.45. The van der Waals surface area contributed by atoms with Gasteiger partial charge in [0.25, 0.3) is 0 Å². The quantitative estimate of drug-likeness (QED) is 0.389. The van der Waals surface area contributed by atoms with Crippen LogP contribution in [0.5, 0.6) is 0 Å². The van der Waals surface area contributed by atoms with Gasteiger partial charge < -0.3 is 0 Å². The molecule has 17 heavy (non-hydrogen) atoms. The lowest BCUT2D eigenvalue weighted by Crippen LogP contribution is -1.93. The molecule has 1 aromatic rings. The molecule has 0 radical (unpaired) electrons. The van der Waals surface area contributed by atoms with Crippen LogP contribution in [-0.2, 0) is 0 Å². The third kappa shape index (κ3) is 4.49. The van der Waals surface area contributed by atoms with E-state index >= 15 is 0 Å². The minimum absolute atomic E-state index is 0.441. The predicted molar refractivity (Wildman–Crippen MR) is 76.1 cm³/mol. The second-order valence-electron chi connectivity index (χ2n) is 4.31. The van der Waals surface area contributed by atoms with Crippen LogP contribution in [0.3, 0.4) is 0 Å². The van der Waals surface area contributed by atoms with Crippen LogP contribution in [0.2, 0.25) is 0 Å². The lowest BCUT2D eigenvalue weighted by molar-refractivity contribution is 0.828. The van der Waals surface area contributed by atoms with Gasteiger partial charge in [0, 0.05) is 17.9 Å². The Morgan fingerprint density at radius 2 is 2.06 bits per heavy atom. The molecular weight excluding hydrogens is 204 g/mol. The van der Waals surface area contributed by atoms with Gasteiger partial charge in [-0.25, -0.2) is 0 Å². The van der Waals surface area contributed by atoms with Crippen LogP contribution < -0.4 is 0 Å². The van der Waals surface area contributed by atoms with Crippen molar-refractivity contribution in [3.8, 4) is 11.8 Å². The highest BCUT2D eigenvalue weighted by molar-refractivity contribution is 5.44. The highest BCUT2D eigenvalue weighted by Gasteiger charge is 2.04. The molecule has 1 rings (SSSR count). The van der Waals surface area contributed by atoms with E-state index in [9.17, 15) is 0 Å². The molecule has 0 nitrogen and oxygen atoms in total. The highest BCUT2D eigenvalue weighted by Crippen LogP contribution is 2.20. The van der Waals surface area contributed by atoms with Crippen LogP contribution in [0.15, 0.2) is 36.4 Å². The van der Waals surface area contributed by atoms with Crippen molar-refractivity contribution in [3.63, 3.8) is 0 Å². The monoisotopic (exact) mass is 226 g/mol. The Labute approximate surface area is 106 Å². The van der Waals surface area contributed by atoms with E-state index in [1.807, 2.05) is 0 Å². The summed E-state index contributed by atoms with van der Waals surface area (Å²) >= 11 is 0. The molecule has 1 unspecified atom stereocenters. The highest BCUT2D eigenvalue weighted by atomic mass is 14.1. The predicted octanol–water partition coefficient (Wildman–Crippen LogP) is 4.91. The fraction of sp³-hybridized carbons (Fsp3) is 0.412. The lowest BCUT2D eigenvalue weighted by Gasteiger charge is -2.08. The third-order valence-electron chi connectivity index (χ3n) is 2.81. The Morgan fingerprint density at radius 3 is 2.76 bits per heavy atom. The van der Waals surface area contributed by atoms with Crippen molar-refractivity contribution in [2.75, 3.05) is 0 Å². The summed E-state index contributed by atoms with van der Waals surface area (Å²) in [6.45, 7) is 6.47. The van der Waals surface area contributed by atoms with Gasteiger partial charge in [0.05, 0.1) is 0 Å². The van der Waals surface area contributed by atoms with Gasteiger partial charge in [0.2, 0.25) is 0 Å². The number of unbranched alkanes of at least 4 members (excludes halogenated alkanes) is 2. The molecule has 0 fully saturated rings. The molecule has 0 heterocycles. The Balaban J connectivity index is 2.86. The van der Waals surface area contributed by atoms with Crippen LogP contribution in [-0.4, -0.2) is 0 Å². The zero-order chi connectivity index (χ0) is 12.5. The maximum absolute atomic E-state index is 3.30. The summed E-state index contributed by atoms with van der Waals surface area (Å²) in [5.74, 6) is 7.01. The van der Waals surface area contributed by atoms with Crippen LogP contribution in [0.1, 0.15) is 57.1 Å². The molecule has 0 saturated carbocycles. The number of rotatable bonds is 4. The smallest absolute Gasteiger partial charge is 0.0283 e. The fourth-order valence-corrected chi connectivity index (χ4v) is 1.82. The molecule has 0 saturated heterocycles. The largest absolute Gasteiger partial charge is 0.0979 e. The number of hydrogen-bond acceptors (Lipinski definition) is 0. The van der Waals surface area contributed by atoms with Crippen LogP contribution in [0.4, 0.5) is 0 Å². The number of hydrogen-bond donors (Lipinski definition) is 0. The van der Waals surface area contributed by atoms with E-state index in [0.29, 0.717) is 5.92 Å². The molecule has 0 aliphatic heterocycles. The minimum atomic E-state index is 0.441. The molecule has 0 N–H and O–H groups in total. The Hall–Kier alpha value is -1.48. The van der Waals surface area contributed by atoms with Crippen LogP contribution >= 0.6 is 0 Å². The molecule has 1 atom stereocenters. The summed E-state index contributed by atoms with van der Waals surface area (Å²) in [7, 11) is 0. The van der Waals surface area contributed by atoms with E-state index in [2.05, 4.69) is 69.0 Å². The number of allylic oxidation sites excluding steroid dienone is 2. The van der Waals surface area contributed by atoms with E-state index in [-0.39, 0.29) is 0 Å². The van der Waals surface area contributed by atoms with Crippen molar-refractivity contribution in [1.82, 2.24) is 0 Å². The van der Waals surface area contributed by atoms with Crippen molar-refractivity contribution >= 4 is 0 Å². The van der Waals surface area contributed by atoms with Gasteiger partial charge in [-0.2, -0.15) is 0 Å². The van der Waals surface area contributed by atoms with Crippen LogP contribution in [0, 0.1) is 11.8 Å². The standard InChI is InChI=1S/C17H22/c1-4-6-7-8-12-16-13-9-10-14-17(16)15(3)11-5-2/h5,9-11,13-15H,4,6-7H2,1-3H3/b11-5+. The fourth-order valence-electron chi connectivity index (χ4n) is 1.82. The molecule has 0 heteroatoms. The molecule has 0 aliphatic carbocycles. The Kier molecular flexibility index (Phi) is 6.18. The first kappa shape index (κ1) is 13.6. The van der Waals surface area contributed by atoms with Crippen molar-refractivity contribution in [3.05, 3.63) is 47.5 Å². The lowest BCUT2D eigenvalue weighted by atomic mass is 9.95. The first-order valence-electron chi connectivity index (χ1n) is 6.50. The van der Waals surface area contributed by atoms with Gasteiger partial charge in [-0.1, -0.05) is 62.5 Å². The summed E-state index contributed by atoms with van der Waals surface area (Å²) < 4.78 is 0. The topological polar surface area (TPSA) is 0 Å². The van der Waals surface area contributed by atoms with E-state index in [4.69, 9.17) is 0 Å². The third-order valence-corrected chi connectivity index (χ3v) is 2.81. The van der Waals surface area contributed by atoms with Gasteiger partial charge >= 0.3 is 0 Å². The second kappa shape index (κ2) is 7.74. The maximum Gasteiger partial charge on any atom is 0.0283 e. The summed E-state index contributed by atoms with van der Waals surface area (Å²) in [5, 5.41) is 0. The van der Waals surface area contributed by atoms with Gasteiger partial charge in [-0.15, -0.1) is 0 Å². The van der Waals surface area contributed by atoms with Gasteiger partial charge in [-0.05, 0) is 25.0 Å². The molecule has 0 aromatic heterocycles.